The summed E-state index contributed by atoms with van der Waals surface area (Å²) in [5.74, 6) is 0.892. The van der Waals surface area contributed by atoms with Crippen molar-refractivity contribution >= 4 is 11.9 Å². The van der Waals surface area contributed by atoms with Crippen LogP contribution in [0.5, 0.6) is 5.75 Å². The fourth-order valence-electron chi connectivity index (χ4n) is 3.97. The molecule has 0 unspecified atom stereocenters. The molecule has 0 bridgehead atoms. The molecule has 2 aromatic rings. The first kappa shape index (κ1) is 19.7. The highest BCUT2D eigenvalue weighted by atomic mass is 16.3. The smallest absolute Gasteiger partial charge is 0.127 e. The zero-order chi connectivity index (χ0) is 19.3. The van der Waals surface area contributed by atoms with Gasteiger partial charge in [0.1, 0.15) is 5.75 Å². The van der Waals surface area contributed by atoms with Gasteiger partial charge in [0.05, 0.1) is 5.69 Å². The highest BCUT2D eigenvalue weighted by Gasteiger charge is 2.18. The minimum absolute atomic E-state index is 0.145. The Hall–Kier alpha value is -2.09. The summed E-state index contributed by atoms with van der Waals surface area (Å²) in [5.41, 5.74) is 4.28. The quantitative estimate of drug-likeness (QED) is 0.571. The van der Waals surface area contributed by atoms with E-state index in [2.05, 4.69) is 50.0 Å². The van der Waals surface area contributed by atoms with Crippen molar-refractivity contribution in [2.75, 3.05) is 0 Å². The van der Waals surface area contributed by atoms with Crippen LogP contribution in [-0.2, 0) is 5.41 Å². The average Bonchev–Trinajstić information content (AvgIpc) is 2.61. The van der Waals surface area contributed by atoms with Crippen LogP contribution in [0.15, 0.2) is 47.5 Å². The molecule has 0 spiro atoms. The highest BCUT2D eigenvalue weighted by molar-refractivity contribution is 5.86. The molecule has 0 heterocycles. The van der Waals surface area contributed by atoms with Crippen molar-refractivity contribution in [2.24, 2.45) is 4.99 Å². The summed E-state index contributed by atoms with van der Waals surface area (Å²) in [4.78, 5) is 4.60. The number of rotatable bonds is 3. The van der Waals surface area contributed by atoms with Crippen LogP contribution in [-0.4, -0.2) is 11.3 Å². The van der Waals surface area contributed by atoms with E-state index < -0.39 is 0 Å². The lowest BCUT2D eigenvalue weighted by Gasteiger charge is -2.21. The number of nitrogens with zero attached hydrogens (tertiary/aromatic N) is 1. The standard InChI is InChI=1S/C25H33NO/c1-25(2,3)21-14-16-22(17-15-21)26-18-20-12-9-13-23(24(20)27)19-10-7-5-4-6-8-11-19/h9,12-19,27H,4-8,10-11H2,1-3H3. The highest BCUT2D eigenvalue weighted by Crippen LogP contribution is 2.37. The van der Waals surface area contributed by atoms with E-state index >= 15 is 0 Å². The maximum atomic E-state index is 10.8. The van der Waals surface area contributed by atoms with Crippen LogP contribution in [0.1, 0.15) is 88.3 Å². The van der Waals surface area contributed by atoms with Crippen molar-refractivity contribution in [1.82, 2.24) is 0 Å². The number of hydrogen-bond donors (Lipinski definition) is 1. The Bertz CT molecular complexity index is 760. The molecule has 0 atom stereocenters. The predicted molar refractivity (Wildman–Crippen MR) is 116 cm³/mol. The average molecular weight is 364 g/mol. The van der Waals surface area contributed by atoms with Gasteiger partial charge in [-0.1, -0.05) is 77.1 Å². The molecule has 144 valence electrons. The number of hydrogen-bond acceptors (Lipinski definition) is 2. The van der Waals surface area contributed by atoms with Crippen molar-refractivity contribution < 1.29 is 5.11 Å². The first-order valence-corrected chi connectivity index (χ1v) is 10.4. The van der Waals surface area contributed by atoms with Crippen LogP contribution in [0.3, 0.4) is 0 Å². The molecule has 1 saturated carbocycles. The largest absolute Gasteiger partial charge is 0.507 e. The number of phenols is 1. The van der Waals surface area contributed by atoms with Crippen molar-refractivity contribution in [1.29, 1.82) is 0 Å². The molecule has 27 heavy (non-hydrogen) atoms. The number of phenolic OH excluding ortho intramolecular Hbond substituents is 1. The maximum Gasteiger partial charge on any atom is 0.127 e. The van der Waals surface area contributed by atoms with Crippen molar-refractivity contribution in [2.45, 2.75) is 77.0 Å². The Labute approximate surface area is 164 Å². The fraction of sp³-hybridized carbons (Fsp3) is 0.480. The van der Waals surface area contributed by atoms with E-state index in [9.17, 15) is 5.11 Å². The molecule has 0 aromatic heterocycles. The van der Waals surface area contributed by atoms with Crippen LogP contribution in [0.4, 0.5) is 5.69 Å². The summed E-state index contributed by atoms with van der Waals surface area (Å²) in [6.07, 6.45) is 10.7. The second-order valence-electron chi connectivity index (χ2n) is 8.88. The van der Waals surface area contributed by atoms with Gasteiger partial charge in [-0.2, -0.15) is 0 Å². The maximum absolute atomic E-state index is 10.8. The Kier molecular flexibility index (Phi) is 6.36. The Balaban J connectivity index is 1.78. The van der Waals surface area contributed by atoms with Crippen LogP contribution in [0, 0.1) is 0 Å². The van der Waals surface area contributed by atoms with E-state index in [1.807, 2.05) is 18.2 Å². The number of aliphatic imine (C=N–C) groups is 1. The first-order valence-electron chi connectivity index (χ1n) is 10.4. The molecule has 2 heteroatoms. The molecule has 2 nitrogen and oxygen atoms in total. The number of para-hydroxylation sites is 1. The molecule has 0 saturated heterocycles. The summed E-state index contributed by atoms with van der Waals surface area (Å²) in [6.45, 7) is 6.64. The summed E-state index contributed by atoms with van der Waals surface area (Å²) >= 11 is 0. The van der Waals surface area contributed by atoms with Crippen molar-refractivity contribution in [3.8, 4) is 5.75 Å². The summed E-state index contributed by atoms with van der Waals surface area (Å²) < 4.78 is 0. The molecule has 3 rings (SSSR count). The van der Waals surface area contributed by atoms with Gasteiger partial charge in [-0.3, -0.25) is 4.99 Å². The molecular formula is C25H33NO. The molecule has 1 aliphatic carbocycles. The third-order valence-corrected chi connectivity index (χ3v) is 5.73. The second kappa shape index (κ2) is 8.73. The van der Waals surface area contributed by atoms with Gasteiger partial charge in [0.15, 0.2) is 0 Å². The lowest BCUT2D eigenvalue weighted by Crippen LogP contribution is -2.10. The zero-order valence-electron chi connectivity index (χ0n) is 17.0. The molecule has 1 aliphatic rings. The molecule has 1 fully saturated rings. The van der Waals surface area contributed by atoms with Gasteiger partial charge in [-0.15, -0.1) is 0 Å². The Morgan fingerprint density at radius 3 is 2.15 bits per heavy atom. The van der Waals surface area contributed by atoms with Gasteiger partial charge >= 0.3 is 0 Å². The fourth-order valence-corrected chi connectivity index (χ4v) is 3.97. The van der Waals surface area contributed by atoms with Gasteiger partial charge in [-0.25, -0.2) is 0 Å². The van der Waals surface area contributed by atoms with E-state index in [1.54, 1.807) is 6.21 Å². The number of aromatic hydroxyl groups is 1. The molecular weight excluding hydrogens is 330 g/mol. The molecule has 1 N–H and O–H groups in total. The topological polar surface area (TPSA) is 32.6 Å². The van der Waals surface area contributed by atoms with E-state index in [0.717, 1.165) is 16.8 Å². The van der Waals surface area contributed by atoms with E-state index in [4.69, 9.17) is 0 Å². The zero-order valence-corrected chi connectivity index (χ0v) is 17.0. The first-order chi connectivity index (χ1) is 12.9. The van der Waals surface area contributed by atoms with E-state index in [-0.39, 0.29) is 5.41 Å². The second-order valence-corrected chi connectivity index (χ2v) is 8.88. The Morgan fingerprint density at radius 2 is 1.52 bits per heavy atom. The normalized spacial score (nSPS) is 17.0. The minimum atomic E-state index is 0.145. The van der Waals surface area contributed by atoms with Crippen LogP contribution in [0.25, 0.3) is 0 Å². The van der Waals surface area contributed by atoms with Gasteiger partial charge in [0.25, 0.3) is 0 Å². The molecule has 2 aromatic carbocycles. The van der Waals surface area contributed by atoms with Crippen molar-refractivity contribution in [3.63, 3.8) is 0 Å². The third kappa shape index (κ3) is 5.22. The summed E-state index contributed by atoms with van der Waals surface area (Å²) in [6, 6.07) is 14.5. The third-order valence-electron chi connectivity index (χ3n) is 5.73. The molecule has 0 amide bonds. The number of benzene rings is 2. The van der Waals surface area contributed by atoms with Gasteiger partial charge in [-0.05, 0) is 53.5 Å². The van der Waals surface area contributed by atoms with Crippen molar-refractivity contribution in [3.05, 3.63) is 59.2 Å². The van der Waals surface area contributed by atoms with E-state index in [0.29, 0.717) is 11.7 Å². The van der Waals surface area contributed by atoms with Crippen LogP contribution >= 0.6 is 0 Å². The Morgan fingerprint density at radius 1 is 0.889 bits per heavy atom. The lowest BCUT2D eigenvalue weighted by molar-refractivity contribution is 0.424. The molecule has 0 radical (unpaired) electrons. The van der Waals surface area contributed by atoms with E-state index in [1.165, 1.54) is 50.5 Å². The van der Waals surface area contributed by atoms with Crippen LogP contribution in [0.2, 0.25) is 0 Å². The van der Waals surface area contributed by atoms with Gasteiger partial charge in [0, 0.05) is 11.8 Å². The summed E-state index contributed by atoms with van der Waals surface area (Å²) in [5, 5.41) is 10.8. The lowest BCUT2D eigenvalue weighted by atomic mass is 9.85. The molecule has 0 aliphatic heterocycles. The van der Waals surface area contributed by atoms with Crippen LogP contribution < -0.4 is 0 Å². The van der Waals surface area contributed by atoms with Gasteiger partial charge < -0.3 is 5.11 Å². The SMILES string of the molecule is CC(C)(C)c1ccc(N=Cc2cccc(C3CCCCCCC3)c2O)cc1. The predicted octanol–water partition coefficient (Wildman–Crippen LogP) is 7.27. The van der Waals surface area contributed by atoms with Gasteiger partial charge in [0.2, 0.25) is 0 Å². The monoisotopic (exact) mass is 363 g/mol. The summed E-state index contributed by atoms with van der Waals surface area (Å²) in [7, 11) is 0. The minimum Gasteiger partial charge on any atom is -0.507 e.